The molecule has 0 aliphatic rings. The molecule has 0 bridgehead atoms. The van der Waals surface area contributed by atoms with Gasteiger partial charge >= 0.3 is 71.3 Å². The van der Waals surface area contributed by atoms with Crippen LogP contribution in [-0.4, -0.2) is 94.8 Å². The molecular weight excluding hydrogens is 706 g/mol. The summed E-state index contributed by atoms with van der Waals surface area (Å²) >= 11 is 0. The number of carboxylic acid groups (broad SMARTS) is 2. The van der Waals surface area contributed by atoms with Crippen LogP contribution in [-0.2, 0) is 20.2 Å². The van der Waals surface area contributed by atoms with Crippen molar-refractivity contribution in [2.24, 2.45) is 0 Å². The van der Waals surface area contributed by atoms with E-state index in [2.05, 4.69) is 13.8 Å². The van der Waals surface area contributed by atoms with Gasteiger partial charge in [-0.3, -0.25) is 0 Å². The average Bonchev–Trinajstić information content (AvgIpc) is 2.98. The van der Waals surface area contributed by atoms with Gasteiger partial charge in [0.05, 0.1) is 20.2 Å². The zero-order valence-electron chi connectivity index (χ0n) is 32.4. The fourth-order valence-electron chi connectivity index (χ4n) is 5.64. The summed E-state index contributed by atoms with van der Waals surface area (Å²) in [5.41, 5.74) is 0. The van der Waals surface area contributed by atoms with Crippen molar-refractivity contribution in [3.05, 3.63) is 0 Å². The van der Waals surface area contributed by atoms with E-state index in [9.17, 15) is 45.7 Å². The molecule has 0 fully saturated rings. The summed E-state index contributed by atoms with van der Waals surface area (Å²) in [5, 5.41) is 18.4. The van der Waals surface area contributed by atoms with E-state index in [1.807, 2.05) is 13.8 Å². The van der Waals surface area contributed by atoms with Crippen LogP contribution in [0.25, 0.3) is 0 Å². The van der Waals surface area contributed by atoms with Crippen LogP contribution in [0, 0.1) is 0 Å². The van der Waals surface area contributed by atoms with E-state index < -0.39 is 43.9 Å². The predicted molar refractivity (Wildman–Crippen MR) is 190 cm³/mol. The van der Waals surface area contributed by atoms with Crippen molar-refractivity contribution >= 4 is 32.4 Å². The van der Waals surface area contributed by atoms with Crippen LogP contribution in [0.15, 0.2) is 0 Å². The van der Waals surface area contributed by atoms with Crippen molar-refractivity contribution in [3.8, 4) is 0 Å². The van der Waals surface area contributed by atoms with E-state index in [4.69, 9.17) is 0 Å². The first-order chi connectivity index (χ1) is 22.6. The van der Waals surface area contributed by atoms with Crippen LogP contribution < -0.4 is 59.1 Å². The molecule has 2 atom stereocenters. The monoisotopic (exact) mass is 774 g/mol. The quantitative estimate of drug-likeness (QED) is 0.0622. The molecule has 16 heteroatoms. The molecule has 0 aromatic carbocycles. The summed E-state index contributed by atoms with van der Waals surface area (Å²) in [6.45, 7) is 8.28. The number of amides is 2. The second-order valence-electron chi connectivity index (χ2n) is 13.1. The van der Waals surface area contributed by atoms with Gasteiger partial charge in [0.15, 0.2) is 0 Å². The summed E-state index contributed by atoms with van der Waals surface area (Å²) in [5.74, 6) is -1.02. The van der Waals surface area contributed by atoms with Gasteiger partial charge in [-0.25, -0.2) is 26.4 Å². The maximum absolute atomic E-state index is 11.3. The molecule has 12 nitrogen and oxygen atoms in total. The predicted octanol–water partition coefficient (Wildman–Crippen LogP) is 2.43. The van der Waals surface area contributed by atoms with Crippen molar-refractivity contribution in [1.82, 2.24) is 9.80 Å². The Morgan fingerprint density at radius 3 is 0.960 bits per heavy atom. The van der Waals surface area contributed by atoms with Crippen LogP contribution in [0.5, 0.6) is 0 Å². The third-order valence-corrected chi connectivity index (χ3v) is 10.2. The molecule has 0 aromatic rings. The van der Waals surface area contributed by atoms with E-state index in [1.165, 1.54) is 99.7 Å². The zero-order chi connectivity index (χ0) is 36.8. The normalized spacial score (nSPS) is 12.4. The van der Waals surface area contributed by atoms with E-state index >= 15 is 0 Å². The van der Waals surface area contributed by atoms with Crippen molar-refractivity contribution in [2.75, 3.05) is 24.6 Å². The van der Waals surface area contributed by atoms with Gasteiger partial charge in [0.25, 0.3) is 0 Å². The van der Waals surface area contributed by atoms with Crippen molar-refractivity contribution < 1.29 is 105 Å². The molecule has 0 aromatic heterocycles. The van der Waals surface area contributed by atoms with E-state index in [0.717, 1.165) is 38.5 Å². The summed E-state index contributed by atoms with van der Waals surface area (Å²) in [6.07, 6.45) is 21.5. The fourth-order valence-corrected chi connectivity index (χ4v) is 6.61. The maximum Gasteiger partial charge on any atom is 1.00 e. The number of rotatable bonds is 30. The van der Waals surface area contributed by atoms with Gasteiger partial charge in [0.2, 0.25) is 0 Å². The average molecular weight is 775 g/mol. The van der Waals surface area contributed by atoms with Crippen LogP contribution in [0.2, 0.25) is 0 Å². The van der Waals surface area contributed by atoms with Gasteiger partial charge in [-0.2, -0.15) is 0 Å². The maximum atomic E-state index is 11.3. The minimum atomic E-state index is -4.28. The minimum absolute atomic E-state index is 0. The van der Waals surface area contributed by atoms with Gasteiger partial charge in [0, 0.05) is 36.7 Å². The molecule has 0 heterocycles. The topological polar surface area (TPSA) is 195 Å². The summed E-state index contributed by atoms with van der Waals surface area (Å²) in [7, 11) is -8.55. The fraction of sp³-hybridized carbons (Fsp3) is 0.941. The van der Waals surface area contributed by atoms with Crippen LogP contribution in [0.3, 0.4) is 0 Å². The van der Waals surface area contributed by atoms with Gasteiger partial charge in [0.1, 0.15) is 0 Å². The zero-order valence-corrected chi connectivity index (χ0v) is 38.0. The number of hydrogen-bond acceptors (Lipinski definition) is 8. The molecule has 0 radical (unpaired) electrons. The Morgan fingerprint density at radius 2 is 0.740 bits per heavy atom. The van der Waals surface area contributed by atoms with E-state index in [0.29, 0.717) is 0 Å². The first-order valence-corrected chi connectivity index (χ1v) is 21.6. The Bertz CT molecular complexity index is 942. The molecule has 0 rings (SSSR count). The molecule has 2 amide bonds. The number of nitrogens with zero attached hydrogens (tertiary/aromatic N) is 2. The second kappa shape index (κ2) is 36.3. The molecule has 0 aliphatic heterocycles. The smallest absolute Gasteiger partial charge is 0.748 e. The summed E-state index contributed by atoms with van der Waals surface area (Å²) < 4.78 is 63.5. The Hall–Kier alpha value is 0.360. The van der Waals surface area contributed by atoms with E-state index in [-0.39, 0.29) is 97.1 Å². The van der Waals surface area contributed by atoms with Gasteiger partial charge < -0.3 is 29.1 Å². The Labute approximate surface area is 349 Å². The van der Waals surface area contributed by atoms with E-state index in [1.54, 1.807) is 0 Å². The number of hydrogen-bond donors (Lipinski definition) is 2. The molecule has 288 valence electrons. The molecule has 0 saturated heterocycles. The van der Waals surface area contributed by atoms with Crippen LogP contribution in [0.1, 0.15) is 169 Å². The Morgan fingerprint density at radius 1 is 0.500 bits per heavy atom. The van der Waals surface area contributed by atoms with Crippen molar-refractivity contribution in [1.29, 1.82) is 0 Å². The Kier molecular flexibility index (Phi) is 41.5. The third kappa shape index (κ3) is 39.6. The first kappa shape index (κ1) is 57.1. The van der Waals surface area contributed by atoms with Gasteiger partial charge in [-0.15, -0.1) is 0 Å². The third-order valence-electron chi connectivity index (χ3n) is 8.59. The molecule has 0 spiro atoms. The number of unbranched alkanes of at least 4 members (excludes halogenated alkanes) is 16. The van der Waals surface area contributed by atoms with Gasteiger partial charge in [-0.1, -0.05) is 129 Å². The molecule has 0 saturated carbocycles. The molecule has 0 aliphatic carbocycles. The van der Waals surface area contributed by atoms with Crippen molar-refractivity contribution in [2.45, 2.75) is 181 Å². The number of carbonyl (C=O) groups is 2. The van der Waals surface area contributed by atoms with Crippen molar-refractivity contribution in [3.63, 3.8) is 0 Å². The summed E-state index contributed by atoms with van der Waals surface area (Å²) in [6, 6.07) is -0.303. The minimum Gasteiger partial charge on any atom is -0.748 e. The molecule has 2 N–H and O–H groups in total. The van der Waals surface area contributed by atoms with Crippen LogP contribution >= 0.6 is 0 Å². The molecule has 50 heavy (non-hydrogen) atoms. The largest absolute Gasteiger partial charge is 1.00 e. The summed E-state index contributed by atoms with van der Waals surface area (Å²) in [4.78, 5) is 25.0. The Balaban J connectivity index is -0.000000407. The van der Waals surface area contributed by atoms with Gasteiger partial charge in [-0.05, 0) is 39.5 Å². The molecule has 2 unspecified atom stereocenters. The SMILES string of the molecule is CCCCCCCCCCCC(C)N(CCCS(=O)(=O)[O-])C(=O)O.CCCCCCCCCCCC(C)N(CCCS(=O)(=O)[O-])C(=O)O.[Na+].[Na+]. The van der Waals surface area contributed by atoms with Crippen LogP contribution in [0.4, 0.5) is 9.59 Å². The molecular formula is C34H68N2Na2O10S2. The second-order valence-corrected chi connectivity index (χ2v) is 16.2. The first-order valence-electron chi connectivity index (χ1n) is 18.4. The standard InChI is InChI=1S/2C17H35NO5S.2Na/c2*1-3-4-5-6-7-8-9-10-11-13-16(2)18(17(19)20)14-12-15-24(21,22)23;;/h2*16H,3-15H2,1-2H3,(H,19,20)(H,21,22,23);;/q;;2*+1/p-2.